The first-order valence-corrected chi connectivity index (χ1v) is 12.6. The van der Waals surface area contributed by atoms with Gasteiger partial charge in [0.2, 0.25) is 5.91 Å². The van der Waals surface area contributed by atoms with Gasteiger partial charge in [-0.15, -0.1) is 0 Å². The van der Waals surface area contributed by atoms with E-state index >= 15 is 0 Å². The summed E-state index contributed by atoms with van der Waals surface area (Å²) in [5.41, 5.74) is 4.63. The molecule has 2 aliphatic carbocycles. The Morgan fingerprint density at radius 3 is 2.31 bits per heavy atom. The van der Waals surface area contributed by atoms with Crippen LogP contribution in [0, 0.1) is 11.8 Å². The van der Waals surface area contributed by atoms with Crippen molar-refractivity contribution >= 4 is 18.0 Å². The topological polar surface area (TPSA) is 95.9 Å². The van der Waals surface area contributed by atoms with E-state index in [4.69, 9.17) is 4.74 Å². The van der Waals surface area contributed by atoms with Crippen molar-refractivity contribution in [3.8, 4) is 11.1 Å². The van der Waals surface area contributed by atoms with Crippen LogP contribution in [0.4, 0.5) is 4.79 Å². The minimum Gasteiger partial charge on any atom is -0.480 e. The Bertz CT molecular complexity index is 1090. The zero-order valence-corrected chi connectivity index (χ0v) is 20.0. The maximum absolute atomic E-state index is 13.3. The van der Waals surface area contributed by atoms with Crippen LogP contribution >= 0.6 is 0 Å². The van der Waals surface area contributed by atoms with Gasteiger partial charge in [-0.05, 0) is 53.9 Å². The van der Waals surface area contributed by atoms with Crippen molar-refractivity contribution in [3.63, 3.8) is 0 Å². The summed E-state index contributed by atoms with van der Waals surface area (Å²) in [7, 11) is 0. The predicted molar refractivity (Wildman–Crippen MR) is 131 cm³/mol. The van der Waals surface area contributed by atoms with Crippen molar-refractivity contribution in [1.29, 1.82) is 0 Å². The van der Waals surface area contributed by atoms with E-state index in [-0.39, 0.29) is 30.4 Å². The van der Waals surface area contributed by atoms with Gasteiger partial charge in [0, 0.05) is 18.5 Å². The van der Waals surface area contributed by atoms with Gasteiger partial charge in [0.15, 0.2) is 0 Å². The number of nitrogens with zero attached hydrogens (tertiary/aromatic N) is 1. The number of piperidine rings is 1. The van der Waals surface area contributed by atoms with Crippen LogP contribution in [0.5, 0.6) is 0 Å². The molecule has 1 saturated carbocycles. The highest BCUT2D eigenvalue weighted by atomic mass is 16.5. The molecule has 2 aromatic rings. The summed E-state index contributed by atoms with van der Waals surface area (Å²) in [5.74, 6) is -1.28. The van der Waals surface area contributed by atoms with Gasteiger partial charge in [-0.25, -0.2) is 9.59 Å². The number of likely N-dealkylation sites (tertiary alicyclic amines) is 1. The maximum Gasteiger partial charge on any atom is 0.407 e. The third-order valence-electron chi connectivity index (χ3n) is 7.91. The minimum atomic E-state index is -0.955. The highest BCUT2D eigenvalue weighted by molar-refractivity contribution is 5.86. The lowest BCUT2D eigenvalue weighted by atomic mass is 9.90. The monoisotopic (exact) mass is 476 g/mol. The Morgan fingerprint density at radius 1 is 1.00 bits per heavy atom. The molecule has 2 amide bonds. The molecule has 0 bridgehead atoms. The first kappa shape index (κ1) is 23.4. The molecule has 3 aliphatic rings. The molecule has 1 saturated heterocycles. The van der Waals surface area contributed by atoms with Crippen molar-refractivity contribution in [3.05, 3.63) is 59.7 Å². The van der Waals surface area contributed by atoms with Crippen LogP contribution in [0.2, 0.25) is 0 Å². The molecule has 35 heavy (non-hydrogen) atoms. The second-order valence-electron chi connectivity index (χ2n) is 10.1. The van der Waals surface area contributed by atoms with Gasteiger partial charge < -0.3 is 20.1 Å². The number of amides is 2. The van der Waals surface area contributed by atoms with E-state index in [1.54, 1.807) is 0 Å². The standard InChI is InChI=1S/C28H32N2O5/c1-17-13-14-30(25(15-17)27(32)33)26(31)22-11-6-12-24(22)29-28(34)35-16-23-20-9-4-2-7-18(20)19-8-3-5-10-21(19)23/h2-5,7-10,17,22-25H,6,11-16H2,1H3,(H,29,34)(H,32,33)/t17?,22-,24+,25?/m1/s1. The van der Waals surface area contributed by atoms with Gasteiger partial charge in [0.1, 0.15) is 12.6 Å². The molecule has 7 nitrogen and oxygen atoms in total. The number of carbonyl (C=O) groups excluding carboxylic acids is 2. The van der Waals surface area contributed by atoms with E-state index < -0.39 is 24.0 Å². The fourth-order valence-electron chi connectivity index (χ4n) is 6.07. The Balaban J connectivity index is 1.23. The van der Waals surface area contributed by atoms with Gasteiger partial charge in [0.05, 0.1) is 5.92 Å². The summed E-state index contributed by atoms with van der Waals surface area (Å²) in [4.78, 5) is 39.4. The molecule has 2 N–H and O–H groups in total. The van der Waals surface area contributed by atoms with E-state index in [0.717, 1.165) is 24.0 Å². The first-order valence-electron chi connectivity index (χ1n) is 12.6. The summed E-state index contributed by atoms with van der Waals surface area (Å²) in [5, 5.41) is 12.6. The molecule has 0 radical (unpaired) electrons. The van der Waals surface area contributed by atoms with Gasteiger partial charge in [-0.3, -0.25) is 4.79 Å². The average molecular weight is 477 g/mol. The summed E-state index contributed by atoms with van der Waals surface area (Å²) in [6.07, 6.45) is 2.88. The summed E-state index contributed by atoms with van der Waals surface area (Å²) in [6, 6.07) is 15.2. The number of hydrogen-bond donors (Lipinski definition) is 2. The van der Waals surface area contributed by atoms with Crippen molar-refractivity contribution in [2.75, 3.05) is 13.2 Å². The number of hydrogen-bond acceptors (Lipinski definition) is 4. The van der Waals surface area contributed by atoms with Gasteiger partial charge >= 0.3 is 12.1 Å². The SMILES string of the molecule is CC1CCN(C(=O)[C@@H]2CCC[C@@H]2NC(=O)OCC2c3ccccc3-c3ccccc32)C(C(=O)O)C1. The zero-order chi connectivity index (χ0) is 24.5. The smallest absolute Gasteiger partial charge is 0.407 e. The highest BCUT2D eigenvalue weighted by Crippen LogP contribution is 2.44. The number of carboxylic acid groups (broad SMARTS) is 1. The van der Waals surface area contributed by atoms with Crippen LogP contribution in [0.3, 0.4) is 0 Å². The van der Waals surface area contributed by atoms with Gasteiger partial charge in [-0.2, -0.15) is 0 Å². The van der Waals surface area contributed by atoms with E-state index in [9.17, 15) is 19.5 Å². The first-order chi connectivity index (χ1) is 16.9. The molecule has 5 rings (SSSR count). The quantitative estimate of drug-likeness (QED) is 0.667. The van der Waals surface area contributed by atoms with Crippen LogP contribution in [0.1, 0.15) is 56.1 Å². The third kappa shape index (κ3) is 4.51. The largest absolute Gasteiger partial charge is 0.480 e. The molecule has 0 aromatic heterocycles. The number of ether oxygens (including phenoxy) is 1. The fourth-order valence-corrected chi connectivity index (χ4v) is 6.07. The van der Waals surface area contributed by atoms with Crippen LogP contribution in [-0.4, -0.2) is 53.2 Å². The number of carboxylic acids is 1. The number of fused-ring (bicyclic) bond motifs is 3. The third-order valence-corrected chi connectivity index (χ3v) is 7.91. The molecule has 1 aliphatic heterocycles. The number of alkyl carbamates (subject to hydrolysis) is 1. The molecule has 7 heteroatoms. The summed E-state index contributed by atoms with van der Waals surface area (Å²) < 4.78 is 5.68. The number of nitrogens with one attached hydrogen (secondary N) is 1. The lowest BCUT2D eigenvalue weighted by Crippen LogP contribution is -2.54. The van der Waals surface area contributed by atoms with Crippen molar-refractivity contribution < 1.29 is 24.2 Å². The Morgan fingerprint density at radius 2 is 1.66 bits per heavy atom. The van der Waals surface area contributed by atoms with E-state index in [1.165, 1.54) is 16.0 Å². The lowest BCUT2D eigenvalue weighted by molar-refractivity contribution is -0.155. The van der Waals surface area contributed by atoms with Crippen LogP contribution in [0.25, 0.3) is 11.1 Å². The number of aliphatic carboxylic acids is 1. The average Bonchev–Trinajstić information content (AvgIpc) is 3.44. The number of benzene rings is 2. The second-order valence-corrected chi connectivity index (χ2v) is 10.1. The second kappa shape index (κ2) is 9.72. The molecule has 2 fully saturated rings. The molecule has 4 atom stereocenters. The predicted octanol–water partition coefficient (Wildman–Crippen LogP) is 4.41. The molecule has 2 unspecified atom stereocenters. The van der Waals surface area contributed by atoms with Crippen molar-refractivity contribution in [2.24, 2.45) is 11.8 Å². The van der Waals surface area contributed by atoms with Crippen LogP contribution in [-0.2, 0) is 14.3 Å². The van der Waals surface area contributed by atoms with Crippen LogP contribution < -0.4 is 5.32 Å². The Labute approximate surface area is 205 Å². The van der Waals surface area contributed by atoms with Crippen LogP contribution in [0.15, 0.2) is 48.5 Å². The highest BCUT2D eigenvalue weighted by Gasteiger charge is 2.42. The maximum atomic E-state index is 13.3. The number of rotatable bonds is 5. The summed E-state index contributed by atoms with van der Waals surface area (Å²) >= 11 is 0. The molecule has 1 heterocycles. The Hall–Kier alpha value is -3.35. The van der Waals surface area contributed by atoms with Gasteiger partial charge in [-0.1, -0.05) is 61.9 Å². The molecule has 0 spiro atoms. The van der Waals surface area contributed by atoms with E-state index in [1.807, 2.05) is 31.2 Å². The molecular formula is C28H32N2O5. The normalized spacial score (nSPS) is 25.6. The van der Waals surface area contributed by atoms with Crippen molar-refractivity contribution in [2.45, 2.75) is 57.0 Å². The molecule has 184 valence electrons. The van der Waals surface area contributed by atoms with E-state index in [0.29, 0.717) is 25.8 Å². The minimum absolute atomic E-state index is 0.0270. The lowest BCUT2D eigenvalue weighted by Gasteiger charge is -2.38. The zero-order valence-electron chi connectivity index (χ0n) is 20.0. The molecular weight excluding hydrogens is 444 g/mol. The summed E-state index contributed by atoms with van der Waals surface area (Å²) in [6.45, 7) is 2.69. The Kier molecular flexibility index (Phi) is 6.50. The molecule has 2 aromatic carbocycles. The van der Waals surface area contributed by atoms with Crippen molar-refractivity contribution in [1.82, 2.24) is 10.2 Å². The van der Waals surface area contributed by atoms with Gasteiger partial charge in [0.25, 0.3) is 0 Å². The number of carbonyl (C=O) groups is 3. The fraction of sp³-hybridized carbons (Fsp3) is 0.464. The van der Waals surface area contributed by atoms with E-state index in [2.05, 4.69) is 29.6 Å².